The molecular weight excluding hydrogens is 120 g/mol. The summed E-state index contributed by atoms with van der Waals surface area (Å²) in [5.41, 5.74) is 0. The predicted octanol–water partition coefficient (Wildman–Crippen LogP) is -0.260. The topological polar surface area (TPSA) is 38.7 Å². The lowest BCUT2D eigenvalue weighted by molar-refractivity contribution is -0.0907. The maximum absolute atomic E-state index is 9.55. The standard InChI is InChI=1S/C6H10O3/c7-5-3-9-6-4(5)1-2-8-6/h4-7H,1-3H2/t4-,5-,6?/m0/s1/i3D2,4D,5D. The molecule has 2 heterocycles. The number of rotatable bonds is 0. The molecule has 2 saturated heterocycles. The lowest BCUT2D eigenvalue weighted by Gasteiger charge is -2.06. The molecule has 0 bridgehead atoms. The zero-order chi connectivity index (χ0) is 9.91. The summed E-state index contributed by atoms with van der Waals surface area (Å²) in [5, 5.41) is 9.55. The Bertz CT molecular complexity index is 241. The van der Waals surface area contributed by atoms with Crippen molar-refractivity contribution in [2.75, 3.05) is 13.2 Å². The molecule has 9 heavy (non-hydrogen) atoms. The maximum Gasteiger partial charge on any atom is 0.163 e. The van der Waals surface area contributed by atoms with E-state index < -0.39 is 24.8 Å². The van der Waals surface area contributed by atoms with Crippen LogP contribution >= 0.6 is 0 Å². The Labute approximate surface area is 59.2 Å². The Morgan fingerprint density at radius 3 is 3.33 bits per heavy atom. The van der Waals surface area contributed by atoms with Crippen LogP contribution in [0.5, 0.6) is 0 Å². The molecule has 3 nitrogen and oxygen atoms in total. The smallest absolute Gasteiger partial charge is 0.163 e. The van der Waals surface area contributed by atoms with Gasteiger partial charge in [0.2, 0.25) is 0 Å². The fourth-order valence-electron chi connectivity index (χ4n) is 1.00. The van der Waals surface area contributed by atoms with Crippen LogP contribution in [-0.4, -0.2) is 30.6 Å². The van der Waals surface area contributed by atoms with Crippen LogP contribution in [-0.2, 0) is 9.47 Å². The number of hydrogen-bond acceptors (Lipinski definition) is 3. The molecule has 1 N–H and O–H groups in total. The van der Waals surface area contributed by atoms with Gasteiger partial charge in [0, 0.05) is 7.26 Å². The van der Waals surface area contributed by atoms with E-state index in [0.717, 1.165) is 0 Å². The van der Waals surface area contributed by atoms with Gasteiger partial charge in [0.15, 0.2) is 6.29 Å². The summed E-state index contributed by atoms with van der Waals surface area (Å²) in [6.45, 7) is -2.33. The second kappa shape index (κ2) is 1.94. The molecule has 0 radical (unpaired) electrons. The van der Waals surface area contributed by atoms with Gasteiger partial charge in [-0.25, -0.2) is 0 Å². The Balaban J connectivity index is 2.42. The van der Waals surface area contributed by atoms with Crippen molar-refractivity contribution in [3.8, 4) is 0 Å². The van der Waals surface area contributed by atoms with Gasteiger partial charge in [-0.1, -0.05) is 0 Å². The first-order valence-corrected chi connectivity index (χ1v) is 2.83. The first-order chi connectivity index (χ1) is 5.81. The summed E-state index contributed by atoms with van der Waals surface area (Å²) in [5.74, 6) is -1.71. The Morgan fingerprint density at radius 2 is 2.56 bits per heavy atom. The van der Waals surface area contributed by atoms with Gasteiger partial charge in [0.1, 0.15) is 0 Å². The highest BCUT2D eigenvalue weighted by molar-refractivity contribution is 4.81. The first kappa shape index (κ1) is 2.86. The second-order valence-electron chi connectivity index (χ2n) is 2.05. The number of hydrogen-bond donors (Lipinski definition) is 1. The van der Waals surface area contributed by atoms with Crippen molar-refractivity contribution in [1.29, 1.82) is 0 Å². The van der Waals surface area contributed by atoms with E-state index in [9.17, 15) is 5.11 Å². The number of fused-ring (bicyclic) bond motifs is 1. The van der Waals surface area contributed by atoms with E-state index in [1.54, 1.807) is 0 Å². The third-order valence-electron chi connectivity index (χ3n) is 1.49. The molecule has 2 aliphatic heterocycles. The van der Waals surface area contributed by atoms with Crippen LogP contribution in [0.25, 0.3) is 0 Å². The van der Waals surface area contributed by atoms with Gasteiger partial charge in [0.05, 0.1) is 23.4 Å². The third kappa shape index (κ3) is 0.764. The minimum Gasteiger partial charge on any atom is -0.390 e. The van der Waals surface area contributed by atoms with E-state index in [2.05, 4.69) is 4.74 Å². The summed E-state index contributed by atoms with van der Waals surface area (Å²) in [4.78, 5) is 0. The minimum absolute atomic E-state index is 0.108. The van der Waals surface area contributed by atoms with Gasteiger partial charge in [-0.15, -0.1) is 0 Å². The van der Waals surface area contributed by atoms with Crippen molar-refractivity contribution >= 4 is 0 Å². The summed E-state index contributed by atoms with van der Waals surface area (Å²) >= 11 is 0. The molecule has 3 heteroatoms. The van der Waals surface area contributed by atoms with Crippen LogP contribution in [0, 0.1) is 5.89 Å². The number of ether oxygens (including phenoxy) is 2. The van der Waals surface area contributed by atoms with Crippen LogP contribution in [0.15, 0.2) is 0 Å². The molecule has 2 rings (SSSR count). The van der Waals surface area contributed by atoms with Gasteiger partial charge in [-0.3, -0.25) is 0 Å². The summed E-state index contributed by atoms with van der Waals surface area (Å²) in [6, 6.07) is 0. The fraction of sp³-hybridized carbons (Fsp3) is 1.00. The predicted molar refractivity (Wildman–Crippen MR) is 29.8 cm³/mol. The fourth-order valence-corrected chi connectivity index (χ4v) is 1.00. The molecule has 1 unspecified atom stereocenters. The normalized spacial score (nSPS) is 78.1. The molecule has 0 saturated carbocycles. The molecule has 0 aromatic heterocycles. The zero-order valence-electron chi connectivity index (χ0n) is 8.76. The Kier molecular flexibility index (Phi) is 0.616. The van der Waals surface area contributed by atoms with E-state index in [-0.39, 0.29) is 13.0 Å². The van der Waals surface area contributed by atoms with Gasteiger partial charge < -0.3 is 14.6 Å². The lowest BCUT2D eigenvalue weighted by atomic mass is 10.0. The number of aliphatic hydroxyl groups is 1. The molecule has 0 aromatic rings. The van der Waals surface area contributed by atoms with Crippen molar-refractivity contribution < 1.29 is 20.1 Å². The van der Waals surface area contributed by atoms with Crippen molar-refractivity contribution in [2.24, 2.45) is 5.89 Å². The van der Waals surface area contributed by atoms with Gasteiger partial charge >= 0.3 is 0 Å². The Morgan fingerprint density at radius 1 is 1.67 bits per heavy atom. The van der Waals surface area contributed by atoms with Crippen molar-refractivity contribution in [3.63, 3.8) is 0 Å². The summed E-state index contributed by atoms with van der Waals surface area (Å²) in [6.07, 6.45) is -3.59. The second-order valence-corrected chi connectivity index (χ2v) is 2.05. The van der Waals surface area contributed by atoms with Crippen molar-refractivity contribution in [3.05, 3.63) is 0 Å². The maximum atomic E-state index is 9.55. The molecule has 52 valence electrons. The SMILES string of the molecule is [2H]C1([2H])OC2OCC[C@@]2([2H])[C@@]1([2H])O. The van der Waals surface area contributed by atoms with E-state index >= 15 is 0 Å². The monoisotopic (exact) mass is 134 g/mol. The first-order valence-electron chi connectivity index (χ1n) is 4.83. The van der Waals surface area contributed by atoms with Gasteiger partial charge in [0.25, 0.3) is 0 Å². The quantitative estimate of drug-likeness (QED) is 0.496. The summed E-state index contributed by atoms with van der Waals surface area (Å²) < 4.78 is 39.2. The lowest BCUT2D eigenvalue weighted by Crippen LogP contribution is -2.18. The van der Waals surface area contributed by atoms with Gasteiger partial charge in [-0.2, -0.15) is 0 Å². The molecule has 2 aliphatic rings. The minimum atomic E-state index is -2.57. The highest BCUT2D eigenvalue weighted by Gasteiger charge is 2.40. The van der Waals surface area contributed by atoms with Crippen LogP contribution in [0.1, 0.15) is 11.9 Å². The van der Waals surface area contributed by atoms with Crippen LogP contribution in [0.2, 0.25) is 0 Å². The van der Waals surface area contributed by atoms with Crippen LogP contribution < -0.4 is 0 Å². The van der Waals surface area contributed by atoms with Crippen LogP contribution in [0.3, 0.4) is 0 Å². The van der Waals surface area contributed by atoms with E-state index in [4.69, 9.17) is 10.2 Å². The zero-order valence-corrected chi connectivity index (χ0v) is 4.76. The van der Waals surface area contributed by atoms with E-state index in [1.807, 2.05) is 0 Å². The molecule has 0 amide bonds. The van der Waals surface area contributed by atoms with Gasteiger partial charge in [-0.05, 0) is 6.42 Å². The Hall–Kier alpha value is -0.120. The van der Waals surface area contributed by atoms with Crippen molar-refractivity contribution in [1.82, 2.24) is 0 Å². The molecule has 0 spiro atoms. The van der Waals surface area contributed by atoms with Crippen molar-refractivity contribution in [2.45, 2.75) is 18.8 Å². The van der Waals surface area contributed by atoms with E-state index in [0.29, 0.717) is 0 Å². The molecule has 0 aliphatic carbocycles. The highest BCUT2D eigenvalue weighted by Crippen LogP contribution is 2.30. The van der Waals surface area contributed by atoms with Crippen LogP contribution in [0.4, 0.5) is 0 Å². The largest absolute Gasteiger partial charge is 0.390 e. The molecule has 3 atom stereocenters. The van der Waals surface area contributed by atoms with E-state index in [1.165, 1.54) is 0 Å². The highest BCUT2D eigenvalue weighted by atomic mass is 16.7. The average molecular weight is 134 g/mol. The molecular formula is C6H10O3. The third-order valence-corrected chi connectivity index (χ3v) is 1.49. The molecule has 2 fully saturated rings. The molecule has 0 aromatic carbocycles. The summed E-state index contributed by atoms with van der Waals surface area (Å²) in [7, 11) is 0. The average Bonchev–Trinajstić information content (AvgIpc) is 2.37.